The molecule has 0 amide bonds. The highest BCUT2D eigenvalue weighted by Gasteiger charge is 2.57. The molecule has 0 heterocycles. The van der Waals surface area contributed by atoms with Gasteiger partial charge in [-0.2, -0.15) is 8.78 Å². The van der Waals surface area contributed by atoms with Crippen molar-refractivity contribution in [1.29, 1.82) is 0 Å². The van der Waals surface area contributed by atoms with E-state index in [1.807, 2.05) is 0 Å². The van der Waals surface area contributed by atoms with Crippen LogP contribution in [-0.2, 0) is 5.60 Å². The molecule has 0 radical (unpaired) electrons. The van der Waals surface area contributed by atoms with Crippen molar-refractivity contribution in [3.63, 3.8) is 0 Å². The van der Waals surface area contributed by atoms with Crippen LogP contribution >= 0.6 is 9.24 Å². The van der Waals surface area contributed by atoms with Crippen molar-refractivity contribution in [1.82, 2.24) is 0 Å². The van der Waals surface area contributed by atoms with Crippen LogP contribution in [0.4, 0.5) is 8.78 Å². The SMILES string of the molecule is Oc1cccc2c1-c1ccccc1C2(O)C(F)(F)P. The van der Waals surface area contributed by atoms with Crippen LogP contribution in [-0.4, -0.2) is 15.9 Å². The molecule has 1 aliphatic carbocycles. The van der Waals surface area contributed by atoms with Crippen LogP contribution in [0.5, 0.6) is 5.75 Å². The lowest BCUT2D eigenvalue weighted by molar-refractivity contribution is -0.0964. The van der Waals surface area contributed by atoms with E-state index in [9.17, 15) is 19.0 Å². The Morgan fingerprint density at radius 2 is 1.63 bits per heavy atom. The van der Waals surface area contributed by atoms with Gasteiger partial charge in [0, 0.05) is 16.7 Å². The minimum atomic E-state index is -3.44. The van der Waals surface area contributed by atoms with Gasteiger partial charge < -0.3 is 10.2 Å². The zero-order chi connectivity index (χ0) is 13.8. The molecule has 0 saturated carbocycles. The maximum absolute atomic E-state index is 13.9. The molecule has 0 fully saturated rings. The van der Waals surface area contributed by atoms with Gasteiger partial charge in [-0.25, -0.2) is 0 Å². The van der Waals surface area contributed by atoms with Crippen LogP contribution in [0.1, 0.15) is 11.1 Å². The zero-order valence-corrected chi connectivity index (χ0v) is 10.9. The van der Waals surface area contributed by atoms with E-state index >= 15 is 0 Å². The maximum Gasteiger partial charge on any atom is 0.295 e. The molecule has 2 aromatic rings. The van der Waals surface area contributed by atoms with Crippen molar-refractivity contribution in [3.8, 4) is 16.9 Å². The smallest absolute Gasteiger partial charge is 0.295 e. The molecule has 2 N–H and O–H groups in total. The average Bonchev–Trinajstić information content (AvgIpc) is 2.62. The molecular weight excluding hydrogens is 269 g/mol. The molecule has 5 heteroatoms. The largest absolute Gasteiger partial charge is 0.507 e. The lowest BCUT2D eigenvalue weighted by Crippen LogP contribution is -2.40. The number of alkyl halides is 2. The zero-order valence-electron chi connectivity index (χ0n) is 9.77. The summed E-state index contributed by atoms with van der Waals surface area (Å²) in [6.45, 7) is 0. The predicted octanol–water partition coefficient (Wildman–Crippen LogP) is 3.08. The number of aromatic hydroxyl groups is 1. The number of hydrogen-bond acceptors (Lipinski definition) is 2. The van der Waals surface area contributed by atoms with Gasteiger partial charge in [-0.15, -0.1) is 0 Å². The Kier molecular flexibility index (Phi) is 2.47. The van der Waals surface area contributed by atoms with Gasteiger partial charge in [0.25, 0.3) is 5.66 Å². The molecule has 3 rings (SSSR count). The minimum Gasteiger partial charge on any atom is -0.507 e. The first-order chi connectivity index (χ1) is 8.87. The quantitative estimate of drug-likeness (QED) is 0.788. The average molecular weight is 280 g/mol. The van der Waals surface area contributed by atoms with E-state index in [-0.39, 0.29) is 22.4 Å². The highest BCUT2D eigenvalue weighted by atomic mass is 31.0. The highest BCUT2D eigenvalue weighted by molar-refractivity contribution is 7.18. The number of benzene rings is 2. The molecular formula is C14H11F2O2P. The van der Waals surface area contributed by atoms with Crippen molar-refractivity contribution in [2.45, 2.75) is 11.3 Å². The van der Waals surface area contributed by atoms with Gasteiger partial charge in [0.05, 0.1) is 0 Å². The monoisotopic (exact) mass is 280 g/mol. The van der Waals surface area contributed by atoms with Crippen molar-refractivity contribution in [2.75, 3.05) is 0 Å². The van der Waals surface area contributed by atoms with Crippen molar-refractivity contribution in [2.24, 2.45) is 0 Å². The molecule has 0 saturated heterocycles. The normalized spacial score (nSPS) is 21.1. The van der Waals surface area contributed by atoms with E-state index in [0.717, 1.165) is 0 Å². The standard InChI is InChI=1S/C14H11F2O2P/c15-14(16,19)13(18)9-5-2-1-4-8(9)12-10(13)6-3-7-11(12)17/h1-7,17-18H,19H2. The van der Waals surface area contributed by atoms with Gasteiger partial charge >= 0.3 is 0 Å². The predicted molar refractivity (Wildman–Crippen MR) is 71.2 cm³/mol. The van der Waals surface area contributed by atoms with Gasteiger partial charge in [-0.3, -0.25) is 0 Å². The van der Waals surface area contributed by atoms with E-state index < -0.39 is 11.3 Å². The summed E-state index contributed by atoms with van der Waals surface area (Å²) in [6.07, 6.45) is 0. The molecule has 0 bridgehead atoms. The first-order valence-electron chi connectivity index (χ1n) is 5.69. The second-order valence-corrected chi connectivity index (χ2v) is 5.30. The van der Waals surface area contributed by atoms with Gasteiger partial charge in [0.2, 0.25) is 0 Å². The van der Waals surface area contributed by atoms with Crippen LogP contribution in [0.15, 0.2) is 42.5 Å². The first kappa shape index (κ1) is 12.5. The van der Waals surface area contributed by atoms with Gasteiger partial charge in [0.1, 0.15) is 5.75 Å². The van der Waals surface area contributed by atoms with Crippen LogP contribution < -0.4 is 0 Å². The molecule has 0 aliphatic heterocycles. The van der Waals surface area contributed by atoms with Crippen LogP contribution in [0, 0.1) is 0 Å². The second-order valence-electron chi connectivity index (χ2n) is 4.58. The molecule has 2 nitrogen and oxygen atoms in total. The third kappa shape index (κ3) is 1.47. The van der Waals surface area contributed by atoms with E-state index in [4.69, 9.17) is 0 Å². The molecule has 19 heavy (non-hydrogen) atoms. The topological polar surface area (TPSA) is 40.5 Å². The summed E-state index contributed by atoms with van der Waals surface area (Å²) in [5.74, 6) is -0.116. The number of halogens is 2. The minimum absolute atomic E-state index is 0.0219. The summed E-state index contributed by atoms with van der Waals surface area (Å²) in [6, 6.07) is 10.6. The Morgan fingerprint density at radius 1 is 1.00 bits per heavy atom. The molecule has 2 atom stereocenters. The fourth-order valence-corrected chi connectivity index (χ4v) is 2.96. The van der Waals surface area contributed by atoms with Gasteiger partial charge in [-0.05, 0) is 11.6 Å². The third-order valence-electron chi connectivity index (χ3n) is 3.50. The van der Waals surface area contributed by atoms with Crippen LogP contribution in [0.2, 0.25) is 0 Å². The Bertz CT molecular complexity index is 667. The summed E-state index contributed by atoms with van der Waals surface area (Å²) in [5, 5.41) is 20.5. The summed E-state index contributed by atoms with van der Waals surface area (Å²) in [4.78, 5) is 0. The number of fused-ring (bicyclic) bond motifs is 3. The van der Waals surface area contributed by atoms with Crippen molar-refractivity contribution >= 4 is 9.24 Å². The summed E-state index contributed by atoms with van der Waals surface area (Å²) >= 11 is 0. The van der Waals surface area contributed by atoms with Crippen LogP contribution in [0.3, 0.4) is 0 Å². The van der Waals surface area contributed by atoms with Crippen molar-refractivity contribution < 1.29 is 19.0 Å². The number of rotatable bonds is 1. The number of hydrogen-bond donors (Lipinski definition) is 2. The maximum atomic E-state index is 13.9. The second kappa shape index (κ2) is 3.75. The Labute approximate surface area is 110 Å². The van der Waals surface area contributed by atoms with Crippen LogP contribution in [0.25, 0.3) is 11.1 Å². The Balaban J connectivity index is 2.45. The van der Waals surface area contributed by atoms with Gasteiger partial charge in [-0.1, -0.05) is 45.6 Å². The molecule has 98 valence electrons. The Hall–Kier alpha value is -1.51. The van der Waals surface area contributed by atoms with Crippen molar-refractivity contribution in [3.05, 3.63) is 53.6 Å². The third-order valence-corrected chi connectivity index (χ3v) is 3.92. The Morgan fingerprint density at radius 3 is 2.32 bits per heavy atom. The highest BCUT2D eigenvalue weighted by Crippen LogP contribution is 2.58. The lowest BCUT2D eigenvalue weighted by Gasteiger charge is -2.31. The number of phenols is 1. The number of phenolic OH excluding ortho intramolecular Hbond substituents is 1. The summed E-state index contributed by atoms with van der Waals surface area (Å²) in [7, 11) is 1.38. The summed E-state index contributed by atoms with van der Waals surface area (Å²) in [5.41, 5.74) is -5.06. The van der Waals surface area contributed by atoms with Gasteiger partial charge in [0.15, 0.2) is 5.60 Å². The van der Waals surface area contributed by atoms with E-state index in [0.29, 0.717) is 5.56 Å². The molecule has 1 aliphatic rings. The van der Waals surface area contributed by atoms with E-state index in [1.54, 1.807) is 18.2 Å². The van der Waals surface area contributed by atoms with E-state index in [1.165, 1.54) is 33.5 Å². The fraction of sp³-hybridized carbons (Fsp3) is 0.143. The van der Waals surface area contributed by atoms with E-state index in [2.05, 4.69) is 0 Å². The molecule has 2 aromatic carbocycles. The summed E-state index contributed by atoms with van der Waals surface area (Å²) < 4.78 is 27.9. The molecule has 0 aromatic heterocycles. The molecule has 2 unspecified atom stereocenters. The number of aliphatic hydroxyl groups is 1. The lowest BCUT2D eigenvalue weighted by atomic mass is 9.91. The molecule has 0 spiro atoms. The fourth-order valence-electron chi connectivity index (χ4n) is 2.65. The first-order valence-corrected chi connectivity index (χ1v) is 6.26.